The van der Waals surface area contributed by atoms with Gasteiger partial charge in [-0.3, -0.25) is 9.79 Å². The van der Waals surface area contributed by atoms with Gasteiger partial charge < -0.3 is 19.8 Å². The summed E-state index contributed by atoms with van der Waals surface area (Å²) in [6.07, 6.45) is 1.92. The van der Waals surface area contributed by atoms with Crippen LogP contribution in [-0.4, -0.2) is 32.6 Å². The monoisotopic (exact) mass is 367 g/mol. The van der Waals surface area contributed by atoms with E-state index < -0.39 is 0 Å². The first-order valence-electron chi connectivity index (χ1n) is 5.30. The van der Waals surface area contributed by atoms with E-state index in [-0.39, 0.29) is 29.9 Å². The summed E-state index contributed by atoms with van der Waals surface area (Å²) in [5.74, 6) is 1.19. The SMILES string of the molecule is CN=C(NCCC(=O)OC)NCc1ccco1.I. The van der Waals surface area contributed by atoms with E-state index in [4.69, 9.17) is 4.42 Å². The number of hydrogen-bond acceptors (Lipinski definition) is 4. The Morgan fingerprint density at radius 1 is 1.50 bits per heavy atom. The molecule has 1 aromatic rings. The van der Waals surface area contributed by atoms with E-state index in [1.54, 1.807) is 13.3 Å². The second kappa shape index (κ2) is 9.75. The van der Waals surface area contributed by atoms with Crippen molar-refractivity contribution in [2.45, 2.75) is 13.0 Å². The highest BCUT2D eigenvalue weighted by Gasteiger charge is 2.02. The highest BCUT2D eigenvalue weighted by molar-refractivity contribution is 14.0. The molecule has 0 amide bonds. The van der Waals surface area contributed by atoms with Gasteiger partial charge in [0.25, 0.3) is 0 Å². The molecule has 0 aliphatic carbocycles. The normalized spacial score (nSPS) is 10.4. The van der Waals surface area contributed by atoms with Crippen LogP contribution in [0.3, 0.4) is 0 Å². The number of guanidine groups is 1. The molecule has 102 valence electrons. The highest BCUT2D eigenvalue weighted by Crippen LogP contribution is 1.98. The first kappa shape index (κ1) is 16.8. The van der Waals surface area contributed by atoms with Gasteiger partial charge in [0.1, 0.15) is 5.76 Å². The Bertz CT molecular complexity index is 366. The van der Waals surface area contributed by atoms with Crippen molar-refractivity contribution in [1.82, 2.24) is 10.6 Å². The number of aliphatic imine (C=N–C) groups is 1. The Hall–Kier alpha value is -1.25. The van der Waals surface area contributed by atoms with Crippen molar-refractivity contribution in [3.8, 4) is 0 Å². The lowest BCUT2D eigenvalue weighted by Gasteiger charge is -2.10. The van der Waals surface area contributed by atoms with E-state index in [1.165, 1.54) is 7.11 Å². The quantitative estimate of drug-likeness (QED) is 0.353. The van der Waals surface area contributed by atoms with Crippen molar-refractivity contribution in [3.63, 3.8) is 0 Å². The third-order valence-corrected chi connectivity index (χ3v) is 2.08. The molecule has 0 radical (unpaired) electrons. The van der Waals surface area contributed by atoms with Crippen LogP contribution in [0.15, 0.2) is 27.8 Å². The van der Waals surface area contributed by atoms with Gasteiger partial charge in [-0.05, 0) is 12.1 Å². The van der Waals surface area contributed by atoms with Gasteiger partial charge >= 0.3 is 5.97 Å². The predicted octanol–water partition coefficient (Wildman–Crippen LogP) is 1.13. The van der Waals surface area contributed by atoms with E-state index in [0.717, 1.165) is 5.76 Å². The highest BCUT2D eigenvalue weighted by atomic mass is 127. The minimum atomic E-state index is -0.251. The van der Waals surface area contributed by atoms with E-state index in [1.807, 2.05) is 12.1 Å². The van der Waals surface area contributed by atoms with Crippen molar-refractivity contribution in [1.29, 1.82) is 0 Å². The average Bonchev–Trinajstić information content (AvgIpc) is 2.86. The third-order valence-electron chi connectivity index (χ3n) is 2.08. The van der Waals surface area contributed by atoms with Gasteiger partial charge in [-0.1, -0.05) is 0 Å². The Balaban J connectivity index is 0.00000289. The number of carbonyl (C=O) groups is 1. The van der Waals surface area contributed by atoms with Crippen LogP contribution >= 0.6 is 24.0 Å². The smallest absolute Gasteiger partial charge is 0.307 e. The molecule has 0 saturated carbocycles. The number of halogens is 1. The first-order chi connectivity index (χ1) is 8.26. The maximum Gasteiger partial charge on any atom is 0.307 e. The van der Waals surface area contributed by atoms with E-state index in [2.05, 4.69) is 20.4 Å². The molecule has 7 heteroatoms. The molecule has 0 unspecified atom stereocenters. The van der Waals surface area contributed by atoms with Crippen LogP contribution in [-0.2, 0) is 16.1 Å². The summed E-state index contributed by atoms with van der Waals surface area (Å²) >= 11 is 0. The zero-order valence-electron chi connectivity index (χ0n) is 10.4. The van der Waals surface area contributed by atoms with Crippen LogP contribution < -0.4 is 10.6 Å². The van der Waals surface area contributed by atoms with Gasteiger partial charge in [0, 0.05) is 13.6 Å². The van der Waals surface area contributed by atoms with Crippen molar-refractivity contribution in [2.75, 3.05) is 20.7 Å². The molecule has 0 aromatic carbocycles. The van der Waals surface area contributed by atoms with E-state index in [0.29, 0.717) is 25.5 Å². The molecule has 0 fully saturated rings. The fourth-order valence-electron chi connectivity index (χ4n) is 1.19. The molecule has 0 aliphatic heterocycles. The molecule has 6 nitrogen and oxygen atoms in total. The Labute approximate surface area is 123 Å². The number of hydrogen-bond donors (Lipinski definition) is 2. The van der Waals surface area contributed by atoms with Crippen molar-refractivity contribution >= 4 is 35.9 Å². The summed E-state index contributed by atoms with van der Waals surface area (Å²) in [5.41, 5.74) is 0. The van der Waals surface area contributed by atoms with Crippen LogP contribution in [0.5, 0.6) is 0 Å². The fourth-order valence-corrected chi connectivity index (χ4v) is 1.19. The minimum absolute atomic E-state index is 0. The minimum Gasteiger partial charge on any atom is -0.469 e. The number of methoxy groups -OCH3 is 1. The molecule has 0 spiro atoms. The van der Waals surface area contributed by atoms with Crippen molar-refractivity contribution in [3.05, 3.63) is 24.2 Å². The zero-order valence-corrected chi connectivity index (χ0v) is 12.8. The summed E-state index contributed by atoms with van der Waals surface area (Å²) in [6, 6.07) is 3.69. The number of nitrogens with one attached hydrogen (secondary N) is 2. The van der Waals surface area contributed by atoms with Gasteiger partial charge in [-0.15, -0.1) is 24.0 Å². The number of rotatable bonds is 5. The second-order valence-corrected chi connectivity index (χ2v) is 3.26. The summed E-state index contributed by atoms with van der Waals surface area (Å²) in [5, 5.41) is 6.05. The van der Waals surface area contributed by atoms with Gasteiger partial charge in [-0.25, -0.2) is 0 Å². The summed E-state index contributed by atoms with van der Waals surface area (Å²) in [6.45, 7) is 1.02. The van der Waals surface area contributed by atoms with Gasteiger partial charge in [0.2, 0.25) is 0 Å². The lowest BCUT2D eigenvalue weighted by atomic mass is 10.4. The van der Waals surface area contributed by atoms with E-state index in [9.17, 15) is 4.79 Å². The van der Waals surface area contributed by atoms with Crippen LogP contribution in [0, 0.1) is 0 Å². The van der Waals surface area contributed by atoms with Gasteiger partial charge in [0.15, 0.2) is 5.96 Å². The number of esters is 1. The maximum atomic E-state index is 10.9. The fraction of sp³-hybridized carbons (Fsp3) is 0.455. The van der Waals surface area contributed by atoms with Crippen molar-refractivity contribution < 1.29 is 13.9 Å². The van der Waals surface area contributed by atoms with Crippen molar-refractivity contribution in [2.24, 2.45) is 4.99 Å². The molecular formula is C11H18IN3O3. The molecule has 2 N–H and O–H groups in total. The molecule has 1 aromatic heterocycles. The third kappa shape index (κ3) is 6.48. The molecular weight excluding hydrogens is 349 g/mol. The number of nitrogens with zero attached hydrogens (tertiary/aromatic N) is 1. The van der Waals surface area contributed by atoms with Gasteiger partial charge in [0.05, 0.1) is 26.3 Å². The number of carbonyl (C=O) groups excluding carboxylic acids is 1. The van der Waals surface area contributed by atoms with Crippen LogP contribution in [0.4, 0.5) is 0 Å². The Morgan fingerprint density at radius 3 is 2.83 bits per heavy atom. The molecule has 0 bridgehead atoms. The maximum absolute atomic E-state index is 10.9. The predicted molar refractivity (Wildman–Crippen MR) is 79.0 cm³/mol. The standard InChI is InChI=1S/C11H17N3O3.HI/c1-12-11(13-6-5-10(15)16-2)14-8-9-4-3-7-17-9;/h3-4,7H,5-6,8H2,1-2H3,(H2,12,13,14);1H. The summed E-state index contributed by atoms with van der Waals surface area (Å²) in [7, 11) is 3.03. The molecule has 1 heterocycles. The molecule has 1 rings (SSSR count). The van der Waals surface area contributed by atoms with Crippen LogP contribution in [0.1, 0.15) is 12.2 Å². The Morgan fingerprint density at radius 2 is 2.28 bits per heavy atom. The van der Waals surface area contributed by atoms with Crippen LogP contribution in [0.2, 0.25) is 0 Å². The largest absolute Gasteiger partial charge is 0.469 e. The summed E-state index contributed by atoms with van der Waals surface area (Å²) in [4.78, 5) is 14.9. The zero-order chi connectivity index (χ0) is 12.5. The van der Waals surface area contributed by atoms with E-state index >= 15 is 0 Å². The number of furan rings is 1. The lowest BCUT2D eigenvalue weighted by molar-refractivity contribution is -0.140. The lowest BCUT2D eigenvalue weighted by Crippen LogP contribution is -2.37. The topological polar surface area (TPSA) is 75.9 Å². The summed E-state index contributed by atoms with van der Waals surface area (Å²) < 4.78 is 9.70. The van der Waals surface area contributed by atoms with Crippen LogP contribution in [0.25, 0.3) is 0 Å². The molecule has 0 saturated heterocycles. The Kier molecular flexibility index (Phi) is 9.07. The van der Waals surface area contributed by atoms with Gasteiger partial charge in [-0.2, -0.15) is 0 Å². The molecule has 0 atom stereocenters. The number of ether oxygens (including phenoxy) is 1. The first-order valence-corrected chi connectivity index (χ1v) is 5.30. The average molecular weight is 367 g/mol. The molecule has 0 aliphatic rings. The second-order valence-electron chi connectivity index (χ2n) is 3.26. The molecule has 18 heavy (non-hydrogen) atoms.